The molecule has 0 aliphatic rings. The van der Waals surface area contributed by atoms with E-state index in [1.54, 1.807) is 0 Å². The van der Waals surface area contributed by atoms with Crippen LogP contribution >= 0.6 is 0 Å². The molecule has 0 aliphatic heterocycles. The van der Waals surface area contributed by atoms with Crippen molar-refractivity contribution >= 4 is 11.9 Å². The molecule has 358 valence electrons. The van der Waals surface area contributed by atoms with Gasteiger partial charge >= 0.3 is 5.97 Å². The molecule has 3 unspecified atom stereocenters. The van der Waals surface area contributed by atoms with E-state index in [1.165, 1.54) is 70.6 Å². The Bertz CT molecular complexity index is 1300. The van der Waals surface area contributed by atoms with Crippen LogP contribution in [0.1, 0.15) is 213 Å². The molecule has 0 saturated heterocycles. The second-order valence-electron chi connectivity index (χ2n) is 16.9. The van der Waals surface area contributed by atoms with Crippen LogP contribution in [0.5, 0.6) is 0 Å². The number of esters is 1. The minimum atomic E-state index is -0.815. The summed E-state index contributed by atoms with van der Waals surface area (Å²) in [4.78, 5) is 26.1. The van der Waals surface area contributed by atoms with Gasteiger partial charge in [-0.1, -0.05) is 220 Å². The van der Waals surface area contributed by atoms with Crippen molar-refractivity contribution < 1.29 is 24.5 Å². The average molecular weight is 874 g/mol. The molecule has 0 fully saturated rings. The predicted octanol–water partition coefficient (Wildman–Crippen LogP) is 15.5. The van der Waals surface area contributed by atoms with Crippen molar-refractivity contribution in [1.29, 1.82) is 0 Å². The third kappa shape index (κ3) is 44.9. The maximum atomic E-state index is 13.2. The third-order valence-electron chi connectivity index (χ3n) is 10.9. The Morgan fingerprint density at radius 3 is 1.41 bits per heavy atom. The molecule has 1 amide bonds. The van der Waals surface area contributed by atoms with Gasteiger partial charge in [-0.25, -0.2) is 0 Å². The lowest BCUT2D eigenvalue weighted by Gasteiger charge is -2.24. The van der Waals surface area contributed by atoms with Crippen molar-refractivity contribution in [2.24, 2.45) is 0 Å². The fraction of sp³-hybridized carbons (Fsp3) is 0.649. The largest absolute Gasteiger partial charge is 0.462 e. The summed E-state index contributed by atoms with van der Waals surface area (Å²) >= 11 is 0. The monoisotopic (exact) mass is 874 g/mol. The van der Waals surface area contributed by atoms with Gasteiger partial charge in [0.15, 0.2) is 0 Å². The van der Waals surface area contributed by atoms with Gasteiger partial charge in [0.05, 0.1) is 25.2 Å². The van der Waals surface area contributed by atoms with Crippen LogP contribution in [-0.2, 0) is 14.3 Å². The Balaban J connectivity index is 4.80. The molecule has 0 radical (unpaired) electrons. The molecule has 0 saturated carbocycles. The van der Waals surface area contributed by atoms with E-state index < -0.39 is 18.2 Å². The molecular formula is C57H95NO5. The number of rotatable bonds is 44. The first-order valence-corrected chi connectivity index (χ1v) is 25.6. The number of allylic oxidation sites excluding steroid dienone is 18. The zero-order valence-corrected chi connectivity index (χ0v) is 40.7. The zero-order valence-electron chi connectivity index (χ0n) is 40.7. The summed E-state index contributed by atoms with van der Waals surface area (Å²) in [5.74, 6) is -0.619. The van der Waals surface area contributed by atoms with Gasteiger partial charge in [-0.05, 0) is 89.9 Å². The minimum Gasteiger partial charge on any atom is -0.462 e. The molecule has 63 heavy (non-hydrogen) atoms. The van der Waals surface area contributed by atoms with E-state index in [0.29, 0.717) is 19.3 Å². The molecule has 0 rings (SSSR count). The highest BCUT2D eigenvalue weighted by molar-refractivity contribution is 5.77. The number of nitrogens with one attached hydrogen (secondary N) is 1. The number of hydrogen-bond acceptors (Lipinski definition) is 5. The lowest BCUT2D eigenvalue weighted by molar-refractivity contribution is -0.150. The molecule has 0 aliphatic carbocycles. The number of aliphatic hydroxyl groups excluding tert-OH is 2. The Hall–Kier alpha value is -3.48. The number of unbranched alkanes of at least 4 members (excludes halogenated alkanes) is 16. The zero-order chi connectivity index (χ0) is 45.9. The van der Waals surface area contributed by atoms with Crippen LogP contribution in [0, 0.1) is 0 Å². The Morgan fingerprint density at radius 1 is 0.492 bits per heavy atom. The third-order valence-corrected chi connectivity index (χ3v) is 10.9. The maximum absolute atomic E-state index is 13.2. The van der Waals surface area contributed by atoms with Crippen LogP contribution in [0.3, 0.4) is 0 Å². The van der Waals surface area contributed by atoms with Crippen molar-refractivity contribution in [2.45, 2.75) is 232 Å². The quantitative estimate of drug-likeness (QED) is 0.0245. The van der Waals surface area contributed by atoms with Crippen LogP contribution in [-0.4, -0.2) is 46.9 Å². The van der Waals surface area contributed by atoms with Gasteiger partial charge in [0.25, 0.3) is 0 Å². The summed E-state index contributed by atoms with van der Waals surface area (Å²) in [6.07, 6.45) is 67.3. The summed E-state index contributed by atoms with van der Waals surface area (Å²) in [7, 11) is 0. The number of carbonyl (C=O) groups is 2. The summed E-state index contributed by atoms with van der Waals surface area (Å²) in [6.45, 7) is 6.29. The summed E-state index contributed by atoms with van der Waals surface area (Å²) in [6, 6.07) is -0.733. The highest BCUT2D eigenvalue weighted by atomic mass is 16.5. The van der Waals surface area contributed by atoms with Gasteiger partial charge in [-0.3, -0.25) is 9.59 Å². The number of amides is 1. The van der Waals surface area contributed by atoms with E-state index in [0.717, 1.165) is 89.9 Å². The molecule has 0 aromatic carbocycles. The summed E-state index contributed by atoms with van der Waals surface area (Å²) in [5, 5.41) is 23.6. The van der Waals surface area contributed by atoms with Crippen LogP contribution in [0.2, 0.25) is 0 Å². The fourth-order valence-corrected chi connectivity index (χ4v) is 7.04. The highest BCUT2D eigenvalue weighted by Crippen LogP contribution is 2.16. The average Bonchev–Trinajstić information content (AvgIpc) is 3.28. The number of hydrogen-bond donors (Lipinski definition) is 3. The van der Waals surface area contributed by atoms with Gasteiger partial charge in [0.1, 0.15) is 6.10 Å². The van der Waals surface area contributed by atoms with Crippen LogP contribution in [0.4, 0.5) is 0 Å². The first-order chi connectivity index (χ1) is 31.0. The topological polar surface area (TPSA) is 95.9 Å². The van der Waals surface area contributed by atoms with Gasteiger partial charge in [0.2, 0.25) is 5.91 Å². The minimum absolute atomic E-state index is 0.0177. The first-order valence-electron chi connectivity index (χ1n) is 25.6. The second kappa shape index (κ2) is 49.5. The van der Waals surface area contributed by atoms with Gasteiger partial charge < -0.3 is 20.3 Å². The van der Waals surface area contributed by atoms with Crippen molar-refractivity contribution in [1.82, 2.24) is 5.32 Å². The van der Waals surface area contributed by atoms with Crippen LogP contribution in [0.15, 0.2) is 109 Å². The molecule has 0 heterocycles. The highest BCUT2D eigenvalue weighted by Gasteiger charge is 2.24. The standard InChI is InChI=1S/C57H95NO5/c1-4-7-10-13-16-19-21-23-25-27-28-29-31-33-35-38-41-44-47-50-57(62)63-53(48-45-42-39-37-34-32-30-26-24-22-20-17-14-11-8-5-2)51-56(61)58-54(52-59)55(60)49-46-43-40-36-18-15-12-9-6-3/h7,10,16,19,22-26,28-30,32-35,41,44,53-55,59-60H,4-6,8-9,11-15,17-18,20-21,27,31,36-40,42-43,45-52H2,1-3H3,(H,58,61)/b10-7-,19-16-,24-22+,25-23-,29-28-,30-26+,34-32+,35-33-,44-41-. The van der Waals surface area contributed by atoms with E-state index >= 15 is 0 Å². The molecule has 0 aromatic heterocycles. The predicted molar refractivity (Wildman–Crippen MR) is 273 cm³/mol. The molecule has 3 atom stereocenters. The van der Waals surface area contributed by atoms with E-state index in [9.17, 15) is 19.8 Å². The Kier molecular flexibility index (Phi) is 46.8. The molecule has 3 N–H and O–H groups in total. The fourth-order valence-electron chi connectivity index (χ4n) is 7.04. The van der Waals surface area contributed by atoms with Crippen molar-refractivity contribution in [3.8, 4) is 0 Å². The summed E-state index contributed by atoms with van der Waals surface area (Å²) in [5.41, 5.74) is 0. The molecule has 0 aromatic rings. The molecule has 0 bridgehead atoms. The van der Waals surface area contributed by atoms with Crippen molar-refractivity contribution in [2.75, 3.05) is 6.61 Å². The maximum Gasteiger partial charge on any atom is 0.306 e. The Labute approximate surface area is 388 Å². The van der Waals surface area contributed by atoms with Crippen molar-refractivity contribution in [3.63, 3.8) is 0 Å². The lowest BCUT2D eigenvalue weighted by atomic mass is 10.0. The van der Waals surface area contributed by atoms with Gasteiger partial charge in [0, 0.05) is 6.42 Å². The van der Waals surface area contributed by atoms with Crippen LogP contribution < -0.4 is 5.32 Å². The second-order valence-corrected chi connectivity index (χ2v) is 16.9. The molecular weight excluding hydrogens is 779 g/mol. The first kappa shape index (κ1) is 59.5. The van der Waals surface area contributed by atoms with Gasteiger partial charge in [-0.2, -0.15) is 0 Å². The Morgan fingerprint density at radius 2 is 0.921 bits per heavy atom. The normalized spacial score (nSPS) is 14.2. The summed E-state index contributed by atoms with van der Waals surface area (Å²) < 4.78 is 5.87. The van der Waals surface area contributed by atoms with E-state index in [1.807, 2.05) is 6.08 Å². The number of ether oxygens (including phenoxy) is 1. The van der Waals surface area contributed by atoms with Crippen LogP contribution in [0.25, 0.3) is 0 Å². The SMILES string of the molecule is CC/C=C\C/C=C\C/C=C\C/C=C\C/C=C\C/C=C\CCC(=O)OC(CCCCC/C=C/C=C/C=C/CCCCCCC)CC(=O)NC(CO)C(O)CCCCCCCCCCC. The van der Waals surface area contributed by atoms with E-state index in [4.69, 9.17) is 4.74 Å². The lowest BCUT2D eigenvalue weighted by Crippen LogP contribution is -2.46. The molecule has 0 spiro atoms. The smallest absolute Gasteiger partial charge is 0.306 e. The van der Waals surface area contributed by atoms with Crippen molar-refractivity contribution in [3.05, 3.63) is 109 Å². The van der Waals surface area contributed by atoms with Gasteiger partial charge in [-0.15, -0.1) is 0 Å². The number of carbonyl (C=O) groups excluding carboxylic acids is 2. The van der Waals surface area contributed by atoms with E-state index in [-0.39, 0.29) is 31.3 Å². The van der Waals surface area contributed by atoms with E-state index in [2.05, 4.69) is 129 Å². The number of aliphatic hydroxyl groups is 2. The molecule has 6 heteroatoms. The molecule has 6 nitrogen and oxygen atoms in total.